The van der Waals surface area contributed by atoms with Gasteiger partial charge in [0.25, 0.3) is 0 Å². The highest BCUT2D eigenvalue weighted by Crippen LogP contribution is 2.26. The Bertz CT molecular complexity index is 427. The number of rotatable bonds is 9. The first kappa shape index (κ1) is 17.9. The van der Waals surface area contributed by atoms with Gasteiger partial charge >= 0.3 is 0 Å². The van der Waals surface area contributed by atoms with Crippen LogP contribution in [0.15, 0.2) is 18.2 Å². The van der Waals surface area contributed by atoms with Crippen molar-refractivity contribution in [2.75, 3.05) is 38.9 Å². The third-order valence-corrected chi connectivity index (χ3v) is 3.41. The zero-order valence-electron chi connectivity index (χ0n) is 13.4. The molecule has 0 aliphatic carbocycles. The summed E-state index contributed by atoms with van der Waals surface area (Å²) in [5, 5.41) is 0. The molecule has 1 aromatic carbocycles. The normalized spacial score (nSPS) is 14.0. The summed E-state index contributed by atoms with van der Waals surface area (Å²) < 4.78 is 24.6. The van der Waals surface area contributed by atoms with E-state index in [-0.39, 0.29) is 17.9 Å². The van der Waals surface area contributed by atoms with Crippen molar-refractivity contribution >= 4 is 5.69 Å². The maximum atomic E-state index is 14.2. The topological polar surface area (TPSA) is 47.7 Å². The van der Waals surface area contributed by atoms with Gasteiger partial charge in [0.1, 0.15) is 5.82 Å². The monoisotopic (exact) mass is 298 g/mol. The Balaban J connectivity index is 3.12. The van der Waals surface area contributed by atoms with Crippen LogP contribution in [-0.2, 0) is 15.9 Å². The average molecular weight is 298 g/mol. The number of hydrogen-bond donors (Lipinski definition) is 1. The summed E-state index contributed by atoms with van der Waals surface area (Å²) in [6.45, 7) is 5.75. The molecule has 21 heavy (non-hydrogen) atoms. The van der Waals surface area contributed by atoms with Crippen LogP contribution in [0.5, 0.6) is 0 Å². The second-order valence-corrected chi connectivity index (χ2v) is 5.41. The molecule has 2 atom stereocenters. The van der Waals surface area contributed by atoms with Crippen molar-refractivity contribution in [3.8, 4) is 0 Å². The molecule has 2 N–H and O–H groups in total. The fourth-order valence-corrected chi connectivity index (χ4v) is 2.44. The second kappa shape index (κ2) is 8.97. The first-order valence-corrected chi connectivity index (χ1v) is 7.28. The molecular weight excluding hydrogens is 271 g/mol. The van der Waals surface area contributed by atoms with Gasteiger partial charge in [0, 0.05) is 44.1 Å². The Labute approximate surface area is 127 Å². The van der Waals surface area contributed by atoms with Crippen molar-refractivity contribution in [3.05, 3.63) is 29.6 Å². The molecule has 1 aromatic rings. The maximum Gasteiger partial charge on any atom is 0.128 e. The summed E-state index contributed by atoms with van der Waals surface area (Å²) in [5.74, 6) is -0.211. The first-order valence-electron chi connectivity index (χ1n) is 7.28. The van der Waals surface area contributed by atoms with Crippen molar-refractivity contribution in [1.82, 2.24) is 0 Å². The summed E-state index contributed by atoms with van der Waals surface area (Å²) in [6, 6.07) is 5.18. The molecule has 5 heteroatoms. The van der Waals surface area contributed by atoms with Crippen LogP contribution in [-0.4, -0.2) is 46.1 Å². The lowest BCUT2D eigenvalue weighted by Crippen LogP contribution is -2.39. The van der Waals surface area contributed by atoms with Gasteiger partial charge in [-0.3, -0.25) is 0 Å². The van der Waals surface area contributed by atoms with Crippen molar-refractivity contribution < 1.29 is 13.9 Å². The maximum absolute atomic E-state index is 14.2. The summed E-state index contributed by atoms with van der Waals surface area (Å²) >= 11 is 0. The summed E-state index contributed by atoms with van der Waals surface area (Å²) in [5.41, 5.74) is 7.39. The van der Waals surface area contributed by atoms with Gasteiger partial charge < -0.3 is 20.1 Å². The number of halogens is 1. The number of benzene rings is 1. The molecule has 0 amide bonds. The third-order valence-electron chi connectivity index (χ3n) is 3.41. The highest BCUT2D eigenvalue weighted by atomic mass is 19.1. The molecule has 0 heterocycles. The van der Waals surface area contributed by atoms with Crippen LogP contribution in [0.3, 0.4) is 0 Å². The van der Waals surface area contributed by atoms with Crippen molar-refractivity contribution in [1.29, 1.82) is 0 Å². The van der Waals surface area contributed by atoms with E-state index in [4.69, 9.17) is 15.2 Å². The third kappa shape index (κ3) is 5.26. The van der Waals surface area contributed by atoms with Crippen molar-refractivity contribution in [2.45, 2.75) is 32.4 Å². The van der Waals surface area contributed by atoms with Crippen LogP contribution in [0, 0.1) is 5.82 Å². The number of anilines is 1. The first-order chi connectivity index (χ1) is 10.0. The number of ether oxygens (including phenoxy) is 2. The van der Waals surface area contributed by atoms with Crippen molar-refractivity contribution in [2.24, 2.45) is 5.73 Å². The Hall–Kier alpha value is -1.17. The molecule has 2 unspecified atom stereocenters. The molecule has 0 spiro atoms. The molecule has 0 saturated carbocycles. The van der Waals surface area contributed by atoms with Crippen LogP contribution in [0.2, 0.25) is 0 Å². The second-order valence-electron chi connectivity index (χ2n) is 5.41. The molecule has 0 fully saturated rings. The Morgan fingerprint density at radius 3 is 2.52 bits per heavy atom. The van der Waals surface area contributed by atoms with Gasteiger partial charge in [-0.05, 0) is 32.4 Å². The lowest BCUT2D eigenvalue weighted by Gasteiger charge is -2.33. The highest BCUT2D eigenvalue weighted by Gasteiger charge is 2.20. The predicted molar refractivity (Wildman–Crippen MR) is 84.3 cm³/mol. The van der Waals surface area contributed by atoms with Crippen LogP contribution < -0.4 is 10.6 Å². The van der Waals surface area contributed by atoms with Gasteiger partial charge in [0.2, 0.25) is 0 Å². The van der Waals surface area contributed by atoms with Crippen molar-refractivity contribution in [3.63, 3.8) is 0 Å². The summed E-state index contributed by atoms with van der Waals surface area (Å²) in [4.78, 5) is 2.12. The molecule has 0 saturated heterocycles. The molecule has 4 nitrogen and oxygen atoms in total. The fraction of sp³-hybridized carbons (Fsp3) is 0.625. The minimum absolute atomic E-state index is 0.0948. The fourth-order valence-electron chi connectivity index (χ4n) is 2.44. The van der Waals surface area contributed by atoms with Crippen LogP contribution in [0.4, 0.5) is 10.1 Å². The van der Waals surface area contributed by atoms with E-state index in [9.17, 15) is 4.39 Å². The van der Waals surface area contributed by atoms with Crippen LogP contribution in [0.25, 0.3) is 0 Å². The zero-order valence-corrected chi connectivity index (χ0v) is 13.4. The van der Waals surface area contributed by atoms with Gasteiger partial charge in [-0.2, -0.15) is 0 Å². The van der Waals surface area contributed by atoms with E-state index >= 15 is 0 Å². The van der Waals surface area contributed by atoms with Crippen LogP contribution in [0.1, 0.15) is 19.4 Å². The van der Waals surface area contributed by atoms with E-state index < -0.39 is 0 Å². The lowest BCUT2D eigenvalue weighted by atomic mass is 10.0. The Kier molecular flexibility index (Phi) is 7.64. The van der Waals surface area contributed by atoms with E-state index in [0.717, 1.165) is 5.69 Å². The summed E-state index contributed by atoms with van der Waals surface area (Å²) in [6.07, 6.45) is 0.505. The zero-order chi connectivity index (χ0) is 15.8. The Morgan fingerprint density at radius 2 is 1.95 bits per heavy atom. The predicted octanol–water partition coefficient (Wildman–Crippen LogP) is 2.20. The summed E-state index contributed by atoms with van der Waals surface area (Å²) in [7, 11) is 3.33. The molecule has 1 rings (SSSR count). The van der Waals surface area contributed by atoms with Gasteiger partial charge in [-0.25, -0.2) is 4.39 Å². The standard InChI is InChI=1S/C16H27FN2O2/c1-12(18)10-14-15(17)6-5-7-16(14)19(8-9-20-3)13(2)11-21-4/h5-7,12-13H,8-11,18H2,1-4H3. The molecule has 0 aliphatic heterocycles. The average Bonchev–Trinajstić information content (AvgIpc) is 2.42. The minimum atomic E-state index is -0.211. The SMILES string of the molecule is COCCN(c1cccc(F)c1CC(C)N)C(C)COC. The largest absolute Gasteiger partial charge is 0.383 e. The van der Waals surface area contributed by atoms with Gasteiger partial charge in [-0.15, -0.1) is 0 Å². The molecule has 0 aliphatic rings. The molecule has 0 radical (unpaired) electrons. The quantitative estimate of drug-likeness (QED) is 0.759. The van der Waals surface area contributed by atoms with E-state index in [0.29, 0.717) is 31.7 Å². The number of nitrogens with two attached hydrogens (primary N) is 1. The van der Waals surface area contributed by atoms with Gasteiger partial charge in [-0.1, -0.05) is 6.07 Å². The molecule has 0 aromatic heterocycles. The van der Waals surface area contributed by atoms with Gasteiger partial charge in [0.05, 0.1) is 13.2 Å². The lowest BCUT2D eigenvalue weighted by molar-refractivity contribution is 0.171. The molecular formula is C16H27FN2O2. The Morgan fingerprint density at radius 1 is 1.24 bits per heavy atom. The molecule has 0 bridgehead atoms. The number of methoxy groups -OCH3 is 2. The van der Waals surface area contributed by atoms with Crippen LogP contribution >= 0.6 is 0 Å². The smallest absolute Gasteiger partial charge is 0.128 e. The van der Waals surface area contributed by atoms with E-state index in [2.05, 4.69) is 11.8 Å². The number of hydrogen-bond acceptors (Lipinski definition) is 4. The minimum Gasteiger partial charge on any atom is -0.383 e. The highest BCUT2D eigenvalue weighted by molar-refractivity contribution is 5.55. The molecule has 120 valence electrons. The van der Waals surface area contributed by atoms with E-state index in [1.54, 1.807) is 20.3 Å². The van der Waals surface area contributed by atoms with E-state index in [1.165, 1.54) is 6.07 Å². The number of nitrogens with zero attached hydrogens (tertiary/aromatic N) is 1. The van der Waals surface area contributed by atoms with Gasteiger partial charge in [0.15, 0.2) is 0 Å². The van der Waals surface area contributed by atoms with E-state index in [1.807, 2.05) is 13.0 Å².